The molecule has 0 spiro atoms. The fourth-order valence-corrected chi connectivity index (χ4v) is 3.51. The molecule has 1 aromatic carbocycles. The van der Waals surface area contributed by atoms with Crippen molar-refractivity contribution in [2.45, 2.75) is 20.0 Å². The van der Waals surface area contributed by atoms with Gasteiger partial charge in [0.1, 0.15) is 18.2 Å². The summed E-state index contributed by atoms with van der Waals surface area (Å²) in [5, 5.41) is 6.73. The summed E-state index contributed by atoms with van der Waals surface area (Å²) >= 11 is 0. The maximum atomic E-state index is 5.88. The molecule has 0 bridgehead atoms. The van der Waals surface area contributed by atoms with Gasteiger partial charge >= 0.3 is 0 Å². The molecule has 0 atom stereocenters. The lowest BCUT2D eigenvalue weighted by Crippen LogP contribution is -2.44. The lowest BCUT2D eigenvalue weighted by Gasteiger charge is -2.33. The van der Waals surface area contributed by atoms with Crippen molar-refractivity contribution in [3.05, 3.63) is 53.2 Å². The maximum absolute atomic E-state index is 5.88. The zero-order chi connectivity index (χ0) is 22.8. The van der Waals surface area contributed by atoms with Crippen molar-refractivity contribution in [2.24, 2.45) is 4.99 Å². The van der Waals surface area contributed by atoms with E-state index in [1.165, 1.54) is 0 Å². The van der Waals surface area contributed by atoms with E-state index in [0.717, 1.165) is 60.4 Å². The SMILES string of the molecule is CN=C(NCc1ccc(N2CCN(C)CC2)nc1)NCc1ccc(C)cc1OCCOC. The maximum Gasteiger partial charge on any atom is 0.191 e. The number of aromatic nitrogens is 1. The average molecular weight is 441 g/mol. The second kappa shape index (κ2) is 12.3. The zero-order valence-corrected chi connectivity index (χ0v) is 19.7. The van der Waals surface area contributed by atoms with Crippen LogP contribution in [0, 0.1) is 6.92 Å². The predicted octanol–water partition coefficient (Wildman–Crippen LogP) is 2.03. The van der Waals surface area contributed by atoms with E-state index in [1.54, 1.807) is 14.2 Å². The number of hydrogen-bond donors (Lipinski definition) is 2. The van der Waals surface area contributed by atoms with Crippen LogP contribution in [-0.4, -0.2) is 76.4 Å². The Kier molecular flexibility index (Phi) is 9.13. The van der Waals surface area contributed by atoms with Crippen molar-refractivity contribution in [3.8, 4) is 5.75 Å². The second-order valence-electron chi connectivity index (χ2n) is 8.05. The zero-order valence-electron chi connectivity index (χ0n) is 19.7. The molecule has 1 aliphatic rings. The van der Waals surface area contributed by atoms with E-state index in [9.17, 15) is 0 Å². The summed E-state index contributed by atoms with van der Waals surface area (Å²) in [4.78, 5) is 13.7. The molecule has 1 aromatic heterocycles. The topological polar surface area (TPSA) is 74.3 Å². The monoisotopic (exact) mass is 440 g/mol. The Hall–Kier alpha value is -2.84. The highest BCUT2D eigenvalue weighted by Gasteiger charge is 2.15. The van der Waals surface area contributed by atoms with Gasteiger partial charge in [-0.15, -0.1) is 0 Å². The van der Waals surface area contributed by atoms with Crippen LogP contribution in [0.4, 0.5) is 5.82 Å². The molecule has 0 amide bonds. The van der Waals surface area contributed by atoms with E-state index >= 15 is 0 Å². The Labute approximate surface area is 191 Å². The minimum atomic E-state index is 0.525. The van der Waals surface area contributed by atoms with Crippen LogP contribution in [0.5, 0.6) is 5.75 Å². The Bertz CT molecular complexity index is 863. The Balaban J connectivity index is 1.50. The number of ether oxygens (including phenoxy) is 2. The third kappa shape index (κ3) is 7.10. The van der Waals surface area contributed by atoms with Gasteiger partial charge in [0.05, 0.1) is 6.61 Å². The Morgan fingerprint density at radius 2 is 1.84 bits per heavy atom. The fraction of sp³-hybridized carbons (Fsp3) is 0.500. The van der Waals surface area contributed by atoms with Crippen LogP contribution in [0.1, 0.15) is 16.7 Å². The number of hydrogen-bond acceptors (Lipinski definition) is 6. The number of piperazine rings is 1. The summed E-state index contributed by atoms with van der Waals surface area (Å²) in [6.45, 7) is 8.61. The molecular formula is C24H36N6O2. The smallest absolute Gasteiger partial charge is 0.191 e. The van der Waals surface area contributed by atoms with E-state index in [1.807, 2.05) is 6.20 Å². The van der Waals surface area contributed by atoms with Crippen LogP contribution in [0.25, 0.3) is 0 Å². The Morgan fingerprint density at radius 3 is 2.53 bits per heavy atom. The first kappa shape index (κ1) is 23.8. The molecule has 0 aliphatic carbocycles. The number of nitrogens with one attached hydrogen (secondary N) is 2. The lowest BCUT2D eigenvalue weighted by molar-refractivity contribution is 0.145. The molecule has 1 saturated heterocycles. The number of guanidine groups is 1. The molecule has 32 heavy (non-hydrogen) atoms. The highest BCUT2D eigenvalue weighted by molar-refractivity contribution is 5.79. The van der Waals surface area contributed by atoms with Gasteiger partial charge in [-0.2, -0.15) is 0 Å². The molecule has 0 radical (unpaired) electrons. The van der Waals surface area contributed by atoms with Crippen molar-refractivity contribution < 1.29 is 9.47 Å². The highest BCUT2D eigenvalue weighted by Crippen LogP contribution is 2.20. The molecule has 8 nitrogen and oxygen atoms in total. The normalized spacial score (nSPS) is 15.0. The molecule has 0 saturated carbocycles. The van der Waals surface area contributed by atoms with Crippen molar-refractivity contribution in [2.75, 3.05) is 65.5 Å². The third-order valence-corrected chi connectivity index (χ3v) is 5.53. The summed E-state index contributed by atoms with van der Waals surface area (Å²) in [6.07, 6.45) is 1.94. The van der Waals surface area contributed by atoms with Crippen LogP contribution in [-0.2, 0) is 17.8 Å². The lowest BCUT2D eigenvalue weighted by atomic mass is 10.1. The van der Waals surface area contributed by atoms with E-state index in [2.05, 4.69) is 74.7 Å². The van der Waals surface area contributed by atoms with Crippen LogP contribution in [0.2, 0.25) is 0 Å². The predicted molar refractivity (Wildman–Crippen MR) is 130 cm³/mol. The standard InChI is InChI=1S/C24H36N6O2/c1-19-5-7-21(22(15-19)32-14-13-31-4)18-28-24(25-2)27-17-20-6-8-23(26-16-20)30-11-9-29(3)10-12-30/h5-8,15-16H,9-14,17-18H2,1-4H3,(H2,25,27,28). The molecule has 2 heterocycles. The number of methoxy groups -OCH3 is 1. The van der Waals surface area contributed by atoms with Gasteiger partial charge in [0.15, 0.2) is 5.96 Å². The average Bonchev–Trinajstić information content (AvgIpc) is 2.81. The van der Waals surface area contributed by atoms with Gasteiger partial charge in [-0.05, 0) is 37.2 Å². The molecule has 2 N–H and O–H groups in total. The number of aliphatic imine (C=N–C) groups is 1. The first-order valence-corrected chi connectivity index (χ1v) is 11.1. The minimum Gasteiger partial charge on any atom is -0.491 e. The summed E-state index contributed by atoms with van der Waals surface area (Å²) in [5.74, 6) is 2.65. The number of pyridine rings is 1. The summed E-state index contributed by atoms with van der Waals surface area (Å²) in [5.41, 5.74) is 3.36. The highest BCUT2D eigenvalue weighted by atomic mass is 16.5. The van der Waals surface area contributed by atoms with Gasteiger partial charge < -0.3 is 29.9 Å². The minimum absolute atomic E-state index is 0.525. The third-order valence-electron chi connectivity index (χ3n) is 5.53. The number of aryl methyl sites for hydroxylation is 1. The quantitative estimate of drug-likeness (QED) is 0.351. The number of anilines is 1. The van der Waals surface area contributed by atoms with Gasteiger partial charge in [-0.3, -0.25) is 4.99 Å². The first-order valence-electron chi connectivity index (χ1n) is 11.1. The van der Waals surface area contributed by atoms with E-state index < -0.39 is 0 Å². The summed E-state index contributed by atoms with van der Waals surface area (Å²) in [6, 6.07) is 10.5. The van der Waals surface area contributed by atoms with Crippen LogP contribution in [0.3, 0.4) is 0 Å². The van der Waals surface area contributed by atoms with E-state index in [4.69, 9.17) is 9.47 Å². The van der Waals surface area contributed by atoms with Crippen LogP contribution in [0.15, 0.2) is 41.5 Å². The fourth-order valence-electron chi connectivity index (χ4n) is 3.51. The van der Waals surface area contributed by atoms with Crippen molar-refractivity contribution >= 4 is 11.8 Å². The molecule has 3 rings (SSSR count). The molecule has 1 aliphatic heterocycles. The Morgan fingerprint density at radius 1 is 1.06 bits per heavy atom. The molecule has 2 aromatic rings. The van der Waals surface area contributed by atoms with Crippen molar-refractivity contribution in [3.63, 3.8) is 0 Å². The van der Waals surface area contributed by atoms with Gasteiger partial charge in [0, 0.05) is 65.2 Å². The van der Waals surface area contributed by atoms with Gasteiger partial charge in [-0.25, -0.2) is 4.98 Å². The number of likely N-dealkylation sites (N-methyl/N-ethyl adjacent to an activating group) is 1. The number of nitrogens with zero attached hydrogens (tertiary/aromatic N) is 4. The summed E-state index contributed by atoms with van der Waals surface area (Å²) < 4.78 is 11.0. The first-order chi connectivity index (χ1) is 15.6. The molecule has 0 unspecified atom stereocenters. The second-order valence-corrected chi connectivity index (χ2v) is 8.05. The molecule has 8 heteroatoms. The van der Waals surface area contributed by atoms with Crippen LogP contribution < -0.4 is 20.3 Å². The van der Waals surface area contributed by atoms with E-state index in [0.29, 0.717) is 26.3 Å². The summed E-state index contributed by atoms with van der Waals surface area (Å²) in [7, 11) is 5.61. The van der Waals surface area contributed by atoms with Crippen molar-refractivity contribution in [1.29, 1.82) is 0 Å². The molecule has 174 valence electrons. The van der Waals surface area contributed by atoms with Crippen LogP contribution >= 0.6 is 0 Å². The number of rotatable bonds is 9. The largest absolute Gasteiger partial charge is 0.491 e. The van der Waals surface area contributed by atoms with Gasteiger partial charge in [0.2, 0.25) is 0 Å². The van der Waals surface area contributed by atoms with Gasteiger partial charge in [-0.1, -0.05) is 18.2 Å². The van der Waals surface area contributed by atoms with Crippen molar-refractivity contribution in [1.82, 2.24) is 20.5 Å². The number of benzene rings is 1. The molecular weight excluding hydrogens is 404 g/mol. The molecule has 1 fully saturated rings. The van der Waals surface area contributed by atoms with E-state index in [-0.39, 0.29) is 0 Å². The van der Waals surface area contributed by atoms with Gasteiger partial charge in [0.25, 0.3) is 0 Å².